The minimum Gasteiger partial charge on any atom is -0.354 e. The van der Waals surface area contributed by atoms with Crippen molar-refractivity contribution in [3.05, 3.63) is 0 Å². The molecule has 1 saturated carbocycles. The standard InChI is InChI=1S/C7H11F3N2O/c8-7(9,10)5(11)3-12-6(13)4-1-2-4/h4-5H,1-3,11H2,(H,12,13). The molecule has 76 valence electrons. The van der Waals surface area contributed by atoms with E-state index >= 15 is 0 Å². The van der Waals surface area contributed by atoms with Crippen LogP contribution in [-0.2, 0) is 4.79 Å². The summed E-state index contributed by atoms with van der Waals surface area (Å²) >= 11 is 0. The summed E-state index contributed by atoms with van der Waals surface area (Å²) in [5.41, 5.74) is 4.78. The van der Waals surface area contributed by atoms with Crippen molar-refractivity contribution in [2.24, 2.45) is 11.7 Å². The summed E-state index contributed by atoms with van der Waals surface area (Å²) in [6.45, 7) is -0.529. The van der Waals surface area contributed by atoms with Crippen LogP contribution in [0.5, 0.6) is 0 Å². The summed E-state index contributed by atoms with van der Waals surface area (Å²) in [7, 11) is 0. The monoisotopic (exact) mass is 196 g/mol. The number of carbonyl (C=O) groups excluding carboxylic acids is 1. The van der Waals surface area contributed by atoms with Gasteiger partial charge in [0.2, 0.25) is 5.91 Å². The molecule has 0 radical (unpaired) electrons. The Balaban J connectivity index is 2.21. The largest absolute Gasteiger partial charge is 0.405 e. The Labute approximate surface area is 73.5 Å². The first kappa shape index (κ1) is 10.3. The van der Waals surface area contributed by atoms with Gasteiger partial charge in [0.1, 0.15) is 6.04 Å². The molecular weight excluding hydrogens is 185 g/mol. The molecular formula is C7H11F3N2O. The Morgan fingerprint density at radius 3 is 2.46 bits per heavy atom. The van der Waals surface area contributed by atoms with E-state index in [9.17, 15) is 18.0 Å². The Morgan fingerprint density at radius 2 is 2.08 bits per heavy atom. The second kappa shape index (κ2) is 3.53. The van der Waals surface area contributed by atoms with Crippen LogP contribution in [0.1, 0.15) is 12.8 Å². The molecule has 0 aliphatic heterocycles. The van der Waals surface area contributed by atoms with E-state index in [0.717, 1.165) is 12.8 Å². The lowest BCUT2D eigenvalue weighted by Crippen LogP contribution is -2.47. The number of carbonyl (C=O) groups is 1. The zero-order valence-corrected chi connectivity index (χ0v) is 6.90. The van der Waals surface area contributed by atoms with Gasteiger partial charge in [-0.05, 0) is 12.8 Å². The van der Waals surface area contributed by atoms with Gasteiger partial charge in [-0.15, -0.1) is 0 Å². The molecule has 1 amide bonds. The first-order valence-corrected chi connectivity index (χ1v) is 4.01. The smallest absolute Gasteiger partial charge is 0.354 e. The molecule has 1 aliphatic rings. The van der Waals surface area contributed by atoms with E-state index in [1.165, 1.54) is 0 Å². The molecule has 1 rings (SSSR count). The zero-order valence-electron chi connectivity index (χ0n) is 6.90. The molecule has 1 unspecified atom stereocenters. The van der Waals surface area contributed by atoms with Crippen LogP contribution in [0, 0.1) is 5.92 Å². The molecule has 0 aromatic rings. The highest BCUT2D eigenvalue weighted by atomic mass is 19.4. The molecule has 0 aromatic heterocycles. The van der Waals surface area contributed by atoms with E-state index in [4.69, 9.17) is 5.73 Å². The fourth-order valence-electron chi connectivity index (χ4n) is 0.816. The average molecular weight is 196 g/mol. The fraction of sp³-hybridized carbons (Fsp3) is 0.857. The second-order valence-corrected chi connectivity index (χ2v) is 3.17. The molecule has 0 saturated heterocycles. The molecule has 1 atom stereocenters. The fourth-order valence-corrected chi connectivity index (χ4v) is 0.816. The molecule has 1 aliphatic carbocycles. The van der Waals surface area contributed by atoms with Crippen molar-refractivity contribution in [2.45, 2.75) is 25.1 Å². The number of hydrogen-bond acceptors (Lipinski definition) is 2. The first-order chi connectivity index (χ1) is 5.91. The molecule has 0 spiro atoms. The van der Waals surface area contributed by atoms with E-state index in [0.29, 0.717) is 0 Å². The van der Waals surface area contributed by atoms with Gasteiger partial charge in [0.05, 0.1) is 0 Å². The quantitative estimate of drug-likeness (QED) is 0.686. The summed E-state index contributed by atoms with van der Waals surface area (Å²) < 4.78 is 35.5. The summed E-state index contributed by atoms with van der Waals surface area (Å²) in [5.74, 6) is -0.403. The van der Waals surface area contributed by atoms with Crippen molar-refractivity contribution in [3.8, 4) is 0 Å². The number of amides is 1. The molecule has 3 N–H and O–H groups in total. The van der Waals surface area contributed by atoms with E-state index in [1.54, 1.807) is 0 Å². The molecule has 13 heavy (non-hydrogen) atoms. The summed E-state index contributed by atoms with van der Waals surface area (Å²) in [5, 5.41) is 2.17. The normalized spacial score (nSPS) is 19.7. The van der Waals surface area contributed by atoms with E-state index < -0.39 is 18.8 Å². The topological polar surface area (TPSA) is 55.1 Å². The highest BCUT2D eigenvalue weighted by Crippen LogP contribution is 2.28. The van der Waals surface area contributed by atoms with Crippen LogP contribution in [0.15, 0.2) is 0 Å². The highest BCUT2D eigenvalue weighted by Gasteiger charge is 2.37. The number of rotatable bonds is 3. The lowest BCUT2D eigenvalue weighted by Gasteiger charge is -2.15. The van der Waals surface area contributed by atoms with Gasteiger partial charge in [0.25, 0.3) is 0 Å². The average Bonchev–Trinajstić information content (AvgIpc) is 2.79. The number of alkyl halides is 3. The Kier molecular flexibility index (Phi) is 2.80. The van der Waals surface area contributed by atoms with Crippen LogP contribution in [0.3, 0.4) is 0 Å². The van der Waals surface area contributed by atoms with Gasteiger partial charge in [-0.1, -0.05) is 0 Å². The van der Waals surface area contributed by atoms with Crippen molar-refractivity contribution >= 4 is 5.91 Å². The van der Waals surface area contributed by atoms with Crippen molar-refractivity contribution in [3.63, 3.8) is 0 Å². The Morgan fingerprint density at radius 1 is 1.54 bits per heavy atom. The SMILES string of the molecule is NC(CNC(=O)C1CC1)C(F)(F)F. The number of nitrogens with two attached hydrogens (primary N) is 1. The van der Waals surface area contributed by atoms with Gasteiger partial charge >= 0.3 is 6.18 Å². The van der Waals surface area contributed by atoms with Gasteiger partial charge in [0.15, 0.2) is 0 Å². The lowest BCUT2D eigenvalue weighted by molar-refractivity contribution is -0.147. The van der Waals surface area contributed by atoms with Crippen LogP contribution >= 0.6 is 0 Å². The summed E-state index contributed by atoms with van der Waals surface area (Å²) in [6.07, 6.45) is -2.89. The molecule has 1 fully saturated rings. The molecule has 0 heterocycles. The van der Waals surface area contributed by atoms with Crippen LogP contribution in [-0.4, -0.2) is 24.7 Å². The lowest BCUT2D eigenvalue weighted by atomic mass is 10.3. The third-order valence-electron chi connectivity index (χ3n) is 1.86. The molecule has 0 bridgehead atoms. The first-order valence-electron chi connectivity index (χ1n) is 4.01. The van der Waals surface area contributed by atoms with Crippen LogP contribution in [0.25, 0.3) is 0 Å². The van der Waals surface area contributed by atoms with Gasteiger partial charge in [0, 0.05) is 12.5 Å². The Bertz CT molecular complexity index is 200. The summed E-state index contributed by atoms with van der Waals surface area (Å²) in [4.78, 5) is 10.9. The van der Waals surface area contributed by atoms with Crippen LogP contribution in [0.4, 0.5) is 13.2 Å². The van der Waals surface area contributed by atoms with Crippen LogP contribution in [0.2, 0.25) is 0 Å². The van der Waals surface area contributed by atoms with Gasteiger partial charge in [-0.3, -0.25) is 4.79 Å². The summed E-state index contributed by atoms with van der Waals surface area (Å²) in [6, 6.07) is -1.96. The van der Waals surface area contributed by atoms with Crippen molar-refractivity contribution in [1.29, 1.82) is 0 Å². The maximum Gasteiger partial charge on any atom is 0.405 e. The minimum absolute atomic E-state index is 0.0829. The number of hydrogen-bond donors (Lipinski definition) is 2. The van der Waals surface area contributed by atoms with E-state index in [1.807, 2.05) is 0 Å². The third kappa shape index (κ3) is 3.22. The predicted molar refractivity (Wildman–Crippen MR) is 39.8 cm³/mol. The maximum absolute atomic E-state index is 11.8. The number of nitrogens with one attached hydrogen (secondary N) is 1. The second-order valence-electron chi connectivity index (χ2n) is 3.17. The Hall–Kier alpha value is -0.780. The maximum atomic E-state index is 11.8. The van der Waals surface area contributed by atoms with Crippen molar-refractivity contribution < 1.29 is 18.0 Å². The van der Waals surface area contributed by atoms with Gasteiger partial charge in [-0.2, -0.15) is 13.2 Å². The van der Waals surface area contributed by atoms with E-state index in [-0.39, 0.29) is 11.8 Å². The van der Waals surface area contributed by atoms with Crippen LogP contribution < -0.4 is 11.1 Å². The molecule has 6 heteroatoms. The predicted octanol–water partition coefficient (Wildman–Crippen LogP) is 0.402. The minimum atomic E-state index is -4.43. The van der Waals surface area contributed by atoms with Crippen molar-refractivity contribution in [1.82, 2.24) is 5.32 Å². The van der Waals surface area contributed by atoms with Gasteiger partial charge < -0.3 is 11.1 Å². The molecule has 0 aromatic carbocycles. The third-order valence-corrected chi connectivity index (χ3v) is 1.86. The molecule has 3 nitrogen and oxygen atoms in total. The zero-order chi connectivity index (χ0) is 10.1. The number of halogens is 3. The van der Waals surface area contributed by atoms with Crippen molar-refractivity contribution in [2.75, 3.05) is 6.54 Å². The van der Waals surface area contributed by atoms with Gasteiger partial charge in [-0.25, -0.2) is 0 Å². The highest BCUT2D eigenvalue weighted by molar-refractivity contribution is 5.80. The van der Waals surface area contributed by atoms with E-state index in [2.05, 4.69) is 5.32 Å².